The van der Waals surface area contributed by atoms with Gasteiger partial charge in [-0.3, -0.25) is 10.1 Å². The molecule has 1 heterocycles. The second-order valence-corrected chi connectivity index (χ2v) is 7.42. The SMILES string of the molecule is CCOC1=CC(C=O)(NC(c2ccccc2)(c2ccccc2)c2ccccc2)NC=C1. The lowest BCUT2D eigenvalue weighted by Gasteiger charge is -2.44. The van der Waals surface area contributed by atoms with E-state index in [1.807, 2.05) is 67.6 Å². The Morgan fingerprint density at radius 3 is 1.77 bits per heavy atom. The molecule has 1 atom stereocenters. The zero-order chi connectivity index (χ0) is 21.6. The zero-order valence-corrected chi connectivity index (χ0v) is 17.5. The maximum atomic E-state index is 12.5. The summed E-state index contributed by atoms with van der Waals surface area (Å²) in [5, 5.41) is 6.90. The summed E-state index contributed by atoms with van der Waals surface area (Å²) in [4.78, 5) is 12.5. The van der Waals surface area contributed by atoms with Crippen LogP contribution in [0.4, 0.5) is 0 Å². The third-order valence-electron chi connectivity index (χ3n) is 5.45. The number of ether oxygens (including phenoxy) is 1. The van der Waals surface area contributed by atoms with Crippen LogP contribution in [-0.4, -0.2) is 18.6 Å². The molecule has 1 unspecified atom stereocenters. The standard InChI is InChI=1S/C27H26N2O2/c1-2-31-25-18-19-28-26(20-25,21-30)29-27(22-12-6-3-7-13-22,23-14-8-4-9-15-23)24-16-10-5-11-17-24/h3-21,28-29H,2H2,1H3. The Morgan fingerprint density at radius 1 is 0.871 bits per heavy atom. The third kappa shape index (κ3) is 4.03. The molecule has 3 aromatic carbocycles. The summed E-state index contributed by atoms with van der Waals surface area (Å²) >= 11 is 0. The number of rotatable bonds is 8. The van der Waals surface area contributed by atoms with E-state index in [1.165, 1.54) is 0 Å². The Labute approximate surface area is 183 Å². The molecule has 0 radical (unpaired) electrons. The highest BCUT2D eigenvalue weighted by Crippen LogP contribution is 2.38. The molecule has 0 aliphatic carbocycles. The van der Waals surface area contributed by atoms with Gasteiger partial charge < -0.3 is 10.1 Å². The molecular formula is C27H26N2O2. The molecule has 0 saturated heterocycles. The number of carbonyl (C=O) groups is 1. The second kappa shape index (κ2) is 9.02. The van der Waals surface area contributed by atoms with Gasteiger partial charge in [-0.2, -0.15) is 0 Å². The van der Waals surface area contributed by atoms with E-state index in [0.29, 0.717) is 12.4 Å². The van der Waals surface area contributed by atoms with E-state index in [0.717, 1.165) is 23.0 Å². The Balaban J connectivity index is 1.97. The van der Waals surface area contributed by atoms with Crippen molar-refractivity contribution in [3.05, 3.63) is 132 Å². The van der Waals surface area contributed by atoms with Gasteiger partial charge in [-0.15, -0.1) is 0 Å². The van der Waals surface area contributed by atoms with Crippen molar-refractivity contribution in [3.63, 3.8) is 0 Å². The largest absolute Gasteiger partial charge is 0.494 e. The molecule has 0 bridgehead atoms. The lowest BCUT2D eigenvalue weighted by atomic mass is 9.76. The molecule has 1 aliphatic rings. The Hall–Kier alpha value is -3.63. The van der Waals surface area contributed by atoms with Crippen molar-refractivity contribution in [1.29, 1.82) is 0 Å². The first kappa shape index (κ1) is 20.6. The van der Waals surface area contributed by atoms with E-state index in [9.17, 15) is 4.79 Å². The summed E-state index contributed by atoms with van der Waals surface area (Å²) in [6, 6.07) is 30.6. The van der Waals surface area contributed by atoms with Crippen LogP contribution >= 0.6 is 0 Å². The predicted octanol–water partition coefficient (Wildman–Crippen LogP) is 4.50. The fourth-order valence-corrected chi connectivity index (χ4v) is 4.09. The van der Waals surface area contributed by atoms with Crippen LogP contribution in [0.5, 0.6) is 0 Å². The Morgan fingerprint density at radius 2 is 1.35 bits per heavy atom. The van der Waals surface area contributed by atoms with E-state index >= 15 is 0 Å². The average molecular weight is 411 g/mol. The van der Waals surface area contributed by atoms with Crippen molar-refractivity contribution in [1.82, 2.24) is 10.6 Å². The molecule has 31 heavy (non-hydrogen) atoms. The first-order valence-electron chi connectivity index (χ1n) is 10.4. The van der Waals surface area contributed by atoms with E-state index < -0.39 is 11.2 Å². The van der Waals surface area contributed by atoms with Gasteiger partial charge in [-0.1, -0.05) is 91.0 Å². The molecule has 1 aliphatic heterocycles. The quantitative estimate of drug-likeness (QED) is 0.424. The van der Waals surface area contributed by atoms with E-state index in [4.69, 9.17) is 4.74 Å². The van der Waals surface area contributed by atoms with Crippen molar-refractivity contribution >= 4 is 6.29 Å². The number of allylic oxidation sites excluding steroid dienone is 1. The predicted molar refractivity (Wildman–Crippen MR) is 123 cm³/mol. The average Bonchev–Trinajstić information content (AvgIpc) is 2.85. The van der Waals surface area contributed by atoms with Gasteiger partial charge in [0.05, 0.1) is 12.1 Å². The first-order valence-corrected chi connectivity index (χ1v) is 10.4. The van der Waals surface area contributed by atoms with Gasteiger partial charge in [0.2, 0.25) is 0 Å². The number of nitrogens with one attached hydrogen (secondary N) is 2. The monoisotopic (exact) mass is 410 g/mol. The van der Waals surface area contributed by atoms with Gasteiger partial charge in [-0.25, -0.2) is 0 Å². The minimum atomic E-state index is -1.17. The summed E-state index contributed by atoms with van der Waals surface area (Å²) in [5.74, 6) is 0.643. The molecule has 4 rings (SSSR count). The molecule has 0 saturated carbocycles. The van der Waals surface area contributed by atoms with Crippen LogP contribution in [0.3, 0.4) is 0 Å². The van der Waals surface area contributed by atoms with Crippen LogP contribution < -0.4 is 10.6 Å². The van der Waals surface area contributed by atoms with Crippen LogP contribution in [0.1, 0.15) is 23.6 Å². The topological polar surface area (TPSA) is 50.4 Å². The van der Waals surface area contributed by atoms with Gasteiger partial charge in [0, 0.05) is 12.3 Å². The molecule has 4 nitrogen and oxygen atoms in total. The van der Waals surface area contributed by atoms with Gasteiger partial charge in [-0.05, 0) is 29.7 Å². The molecule has 0 amide bonds. The van der Waals surface area contributed by atoms with Crippen molar-refractivity contribution in [2.75, 3.05) is 6.61 Å². The van der Waals surface area contributed by atoms with Crippen LogP contribution in [0.2, 0.25) is 0 Å². The molecule has 156 valence electrons. The minimum absolute atomic E-state index is 0.520. The summed E-state index contributed by atoms with van der Waals surface area (Å²) in [6.07, 6.45) is 6.26. The highest BCUT2D eigenvalue weighted by atomic mass is 16.5. The smallest absolute Gasteiger partial charge is 0.169 e. The van der Waals surface area contributed by atoms with Gasteiger partial charge in [0.1, 0.15) is 5.76 Å². The minimum Gasteiger partial charge on any atom is -0.494 e. The summed E-state index contributed by atoms with van der Waals surface area (Å²) in [6.45, 7) is 2.45. The fourth-order valence-electron chi connectivity index (χ4n) is 4.09. The number of hydrogen-bond acceptors (Lipinski definition) is 4. The fraction of sp³-hybridized carbons (Fsp3) is 0.148. The van der Waals surface area contributed by atoms with Crippen molar-refractivity contribution in [2.45, 2.75) is 18.1 Å². The van der Waals surface area contributed by atoms with Crippen LogP contribution in [-0.2, 0) is 15.1 Å². The molecule has 3 aromatic rings. The van der Waals surface area contributed by atoms with Crippen molar-refractivity contribution < 1.29 is 9.53 Å². The number of aldehydes is 1. The lowest BCUT2D eigenvalue weighted by molar-refractivity contribution is -0.113. The highest BCUT2D eigenvalue weighted by Gasteiger charge is 2.44. The number of benzene rings is 3. The zero-order valence-electron chi connectivity index (χ0n) is 17.5. The van der Waals surface area contributed by atoms with E-state index in [-0.39, 0.29) is 0 Å². The van der Waals surface area contributed by atoms with Crippen molar-refractivity contribution in [2.24, 2.45) is 0 Å². The Bertz CT molecular complexity index is 966. The van der Waals surface area contributed by atoms with Gasteiger partial charge in [0.15, 0.2) is 11.9 Å². The summed E-state index contributed by atoms with van der Waals surface area (Å²) < 4.78 is 5.71. The molecule has 0 spiro atoms. The van der Waals surface area contributed by atoms with Crippen LogP contribution in [0.15, 0.2) is 115 Å². The lowest BCUT2D eigenvalue weighted by Crippen LogP contribution is -2.64. The van der Waals surface area contributed by atoms with Gasteiger partial charge >= 0.3 is 0 Å². The molecule has 0 fully saturated rings. The normalized spacial score (nSPS) is 18.0. The maximum absolute atomic E-state index is 12.5. The number of dihydropyridines is 1. The van der Waals surface area contributed by atoms with Crippen LogP contribution in [0, 0.1) is 0 Å². The van der Waals surface area contributed by atoms with Crippen LogP contribution in [0.25, 0.3) is 0 Å². The van der Waals surface area contributed by atoms with Gasteiger partial charge in [0.25, 0.3) is 0 Å². The maximum Gasteiger partial charge on any atom is 0.169 e. The summed E-state index contributed by atoms with van der Waals surface area (Å²) in [5.41, 5.74) is 1.11. The number of hydrogen-bond donors (Lipinski definition) is 2. The van der Waals surface area contributed by atoms with Crippen molar-refractivity contribution in [3.8, 4) is 0 Å². The first-order chi connectivity index (χ1) is 15.2. The molecule has 4 heteroatoms. The molecule has 2 N–H and O–H groups in total. The van der Waals surface area contributed by atoms with E-state index in [1.54, 1.807) is 12.3 Å². The third-order valence-corrected chi connectivity index (χ3v) is 5.45. The number of carbonyl (C=O) groups excluding carboxylic acids is 1. The molecule has 0 aromatic heterocycles. The summed E-state index contributed by atoms with van der Waals surface area (Å²) in [7, 11) is 0. The Kier molecular flexibility index (Phi) is 6.01. The highest BCUT2D eigenvalue weighted by molar-refractivity contribution is 5.70. The van der Waals surface area contributed by atoms with E-state index in [2.05, 4.69) is 47.0 Å². The second-order valence-electron chi connectivity index (χ2n) is 7.42. The molecular weight excluding hydrogens is 384 g/mol.